The molecule has 1 aliphatic carbocycles. The number of pyridine rings is 2. The third kappa shape index (κ3) is 2.56. The van der Waals surface area contributed by atoms with Crippen LogP contribution in [0.1, 0.15) is 31.0 Å². The standard InChI is InChI=1S/C20H20N6O2/c1-10-15-8-16(12-6-11-4-5-22-17(11)23-9-12)19(28)26(13-2-3-14(27)7-13)18(15)25-20(21)24-10/h4-6,8-9,13-14,27H,2-3,7H2,1H3,(H,22,23)(H2,21,24,25)/t13-,14-/m1/s1. The minimum absolute atomic E-state index is 0.123. The van der Waals surface area contributed by atoms with Gasteiger partial charge in [0.25, 0.3) is 5.56 Å². The number of aromatic amines is 1. The van der Waals surface area contributed by atoms with Crippen LogP contribution in [0.5, 0.6) is 0 Å². The molecule has 4 aromatic heterocycles. The Morgan fingerprint density at radius 3 is 2.93 bits per heavy atom. The van der Waals surface area contributed by atoms with Crippen molar-refractivity contribution in [2.24, 2.45) is 0 Å². The fraction of sp³-hybridized carbons (Fsp3) is 0.300. The average Bonchev–Trinajstić information content (AvgIpc) is 3.29. The molecule has 0 amide bonds. The van der Waals surface area contributed by atoms with Gasteiger partial charge in [-0.3, -0.25) is 9.36 Å². The van der Waals surface area contributed by atoms with Gasteiger partial charge in [0, 0.05) is 40.3 Å². The number of aliphatic hydroxyl groups excluding tert-OH is 1. The molecule has 0 bridgehead atoms. The van der Waals surface area contributed by atoms with Crippen LogP contribution in [0.3, 0.4) is 0 Å². The highest BCUT2D eigenvalue weighted by atomic mass is 16.3. The van der Waals surface area contributed by atoms with Gasteiger partial charge in [-0.05, 0) is 44.4 Å². The summed E-state index contributed by atoms with van der Waals surface area (Å²) in [6.07, 6.45) is 5.02. The third-order valence-corrected chi connectivity index (χ3v) is 5.55. The summed E-state index contributed by atoms with van der Waals surface area (Å²) >= 11 is 0. The lowest BCUT2D eigenvalue weighted by molar-refractivity contribution is 0.178. The van der Waals surface area contributed by atoms with Gasteiger partial charge in [0.2, 0.25) is 5.95 Å². The van der Waals surface area contributed by atoms with Gasteiger partial charge in [0.15, 0.2) is 0 Å². The first-order chi connectivity index (χ1) is 13.5. The summed E-state index contributed by atoms with van der Waals surface area (Å²) in [5.74, 6) is 0.139. The van der Waals surface area contributed by atoms with Gasteiger partial charge in [-0.25, -0.2) is 9.97 Å². The second-order valence-corrected chi connectivity index (χ2v) is 7.40. The summed E-state index contributed by atoms with van der Waals surface area (Å²) < 4.78 is 1.69. The van der Waals surface area contributed by atoms with Crippen molar-refractivity contribution in [1.82, 2.24) is 24.5 Å². The van der Waals surface area contributed by atoms with Gasteiger partial charge in [-0.2, -0.15) is 4.98 Å². The Bertz CT molecular complexity index is 1280. The number of aryl methyl sites for hydroxylation is 1. The summed E-state index contributed by atoms with van der Waals surface area (Å²) in [6, 6.07) is 5.57. The van der Waals surface area contributed by atoms with E-state index in [-0.39, 0.29) is 17.5 Å². The first-order valence-corrected chi connectivity index (χ1v) is 9.32. The first-order valence-electron chi connectivity index (χ1n) is 9.32. The van der Waals surface area contributed by atoms with Crippen LogP contribution in [0.4, 0.5) is 5.95 Å². The highest BCUT2D eigenvalue weighted by Gasteiger charge is 2.28. The number of nitrogens with two attached hydrogens (primary N) is 1. The number of hydrogen-bond donors (Lipinski definition) is 3. The van der Waals surface area contributed by atoms with Crippen LogP contribution >= 0.6 is 0 Å². The zero-order chi connectivity index (χ0) is 19.4. The highest BCUT2D eigenvalue weighted by molar-refractivity contribution is 5.86. The summed E-state index contributed by atoms with van der Waals surface area (Å²) in [4.78, 5) is 29.6. The molecule has 5 rings (SSSR count). The maximum atomic E-state index is 13.5. The fourth-order valence-electron chi connectivity index (χ4n) is 4.17. The van der Waals surface area contributed by atoms with E-state index in [9.17, 15) is 9.90 Å². The first kappa shape index (κ1) is 16.9. The second-order valence-electron chi connectivity index (χ2n) is 7.40. The van der Waals surface area contributed by atoms with Crippen molar-refractivity contribution in [2.45, 2.75) is 38.3 Å². The number of aromatic nitrogens is 5. The summed E-state index contributed by atoms with van der Waals surface area (Å²) in [5.41, 5.74) is 9.01. The quantitative estimate of drug-likeness (QED) is 0.493. The Kier molecular flexibility index (Phi) is 3.70. The second kappa shape index (κ2) is 6.13. The van der Waals surface area contributed by atoms with Crippen molar-refractivity contribution in [1.29, 1.82) is 0 Å². The number of nitrogens with one attached hydrogen (secondary N) is 1. The number of hydrogen-bond acceptors (Lipinski definition) is 6. The molecule has 4 aromatic rings. The van der Waals surface area contributed by atoms with Crippen molar-refractivity contribution >= 4 is 28.0 Å². The smallest absolute Gasteiger partial charge is 0.260 e. The maximum absolute atomic E-state index is 13.5. The molecule has 0 radical (unpaired) electrons. The van der Waals surface area contributed by atoms with E-state index < -0.39 is 6.10 Å². The van der Waals surface area contributed by atoms with Crippen LogP contribution in [0.15, 0.2) is 35.4 Å². The topological polar surface area (TPSA) is 123 Å². The van der Waals surface area contributed by atoms with Gasteiger partial charge >= 0.3 is 0 Å². The summed E-state index contributed by atoms with van der Waals surface area (Å²) in [7, 11) is 0. The molecule has 142 valence electrons. The predicted molar refractivity (Wildman–Crippen MR) is 107 cm³/mol. The number of nitrogen functional groups attached to an aromatic ring is 1. The molecule has 28 heavy (non-hydrogen) atoms. The van der Waals surface area contributed by atoms with E-state index in [1.54, 1.807) is 10.8 Å². The SMILES string of the molecule is Cc1nc(N)nc2c1cc(-c1cnc3[nH]ccc3c1)c(=O)n2[C@@H]1CC[C@@H](O)C1. The van der Waals surface area contributed by atoms with Crippen molar-refractivity contribution in [3.8, 4) is 11.1 Å². The minimum atomic E-state index is -0.409. The van der Waals surface area contributed by atoms with Gasteiger partial charge in [-0.1, -0.05) is 0 Å². The van der Waals surface area contributed by atoms with Gasteiger partial charge < -0.3 is 15.8 Å². The number of H-pyrrole nitrogens is 1. The van der Waals surface area contributed by atoms with E-state index >= 15 is 0 Å². The Morgan fingerprint density at radius 2 is 2.14 bits per heavy atom. The molecule has 0 aliphatic heterocycles. The van der Waals surface area contributed by atoms with Crippen LogP contribution in [0, 0.1) is 6.92 Å². The molecule has 0 spiro atoms. The Morgan fingerprint density at radius 1 is 1.29 bits per heavy atom. The molecule has 0 aromatic carbocycles. The van der Waals surface area contributed by atoms with Crippen molar-refractivity contribution in [2.75, 3.05) is 5.73 Å². The Labute approximate surface area is 160 Å². The Hall–Kier alpha value is -3.26. The van der Waals surface area contributed by atoms with E-state index in [0.717, 1.165) is 28.4 Å². The molecule has 1 fully saturated rings. The molecule has 0 unspecified atom stereocenters. The molecule has 1 saturated carbocycles. The molecule has 8 heteroatoms. The lowest BCUT2D eigenvalue weighted by Gasteiger charge is -2.19. The monoisotopic (exact) mass is 376 g/mol. The predicted octanol–water partition coefficient (Wildman–Crippen LogP) is 2.31. The molecule has 4 N–H and O–H groups in total. The number of rotatable bonds is 2. The zero-order valence-corrected chi connectivity index (χ0v) is 15.4. The molecule has 8 nitrogen and oxygen atoms in total. The van der Waals surface area contributed by atoms with E-state index in [1.165, 1.54) is 0 Å². The average molecular weight is 376 g/mol. The van der Waals surface area contributed by atoms with Crippen LogP contribution in [-0.4, -0.2) is 35.7 Å². The largest absolute Gasteiger partial charge is 0.393 e. The lowest BCUT2D eigenvalue weighted by atomic mass is 10.0. The van der Waals surface area contributed by atoms with E-state index in [0.29, 0.717) is 29.7 Å². The molecule has 0 saturated heterocycles. The van der Waals surface area contributed by atoms with Crippen molar-refractivity contribution in [3.05, 3.63) is 46.6 Å². The van der Waals surface area contributed by atoms with Gasteiger partial charge in [-0.15, -0.1) is 0 Å². The van der Waals surface area contributed by atoms with Crippen molar-refractivity contribution in [3.63, 3.8) is 0 Å². The summed E-state index contributed by atoms with van der Waals surface area (Å²) in [5, 5.41) is 11.7. The Balaban J connectivity index is 1.82. The molecule has 4 heterocycles. The minimum Gasteiger partial charge on any atom is -0.393 e. The van der Waals surface area contributed by atoms with Gasteiger partial charge in [0.05, 0.1) is 11.8 Å². The number of aliphatic hydroxyl groups is 1. The van der Waals surface area contributed by atoms with Crippen LogP contribution in [-0.2, 0) is 0 Å². The molecular weight excluding hydrogens is 356 g/mol. The number of nitrogens with zero attached hydrogens (tertiary/aromatic N) is 4. The third-order valence-electron chi connectivity index (χ3n) is 5.55. The van der Waals surface area contributed by atoms with Crippen molar-refractivity contribution < 1.29 is 5.11 Å². The van der Waals surface area contributed by atoms with E-state index in [4.69, 9.17) is 5.73 Å². The molecular formula is C20H20N6O2. The number of fused-ring (bicyclic) bond motifs is 2. The summed E-state index contributed by atoms with van der Waals surface area (Å²) in [6.45, 7) is 1.86. The highest BCUT2D eigenvalue weighted by Crippen LogP contribution is 2.33. The maximum Gasteiger partial charge on any atom is 0.260 e. The normalized spacial score (nSPS) is 19.6. The zero-order valence-electron chi connectivity index (χ0n) is 15.4. The number of anilines is 1. The van der Waals surface area contributed by atoms with Crippen LogP contribution in [0.2, 0.25) is 0 Å². The fourth-order valence-corrected chi connectivity index (χ4v) is 4.17. The van der Waals surface area contributed by atoms with Crippen LogP contribution < -0.4 is 11.3 Å². The lowest BCUT2D eigenvalue weighted by Crippen LogP contribution is -2.27. The molecule has 1 aliphatic rings. The molecule has 2 atom stereocenters. The van der Waals surface area contributed by atoms with Crippen LogP contribution in [0.25, 0.3) is 33.2 Å². The van der Waals surface area contributed by atoms with E-state index in [2.05, 4.69) is 19.9 Å². The van der Waals surface area contributed by atoms with E-state index in [1.807, 2.05) is 31.3 Å². The van der Waals surface area contributed by atoms with Gasteiger partial charge in [0.1, 0.15) is 11.3 Å².